The number of aryl methyl sites for hydroxylation is 2. The summed E-state index contributed by atoms with van der Waals surface area (Å²) in [6.45, 7) is 5.40. The average molecular weight is 802 g/mol. The van der Waals surface area contributed by atoms with E-state index in [0.29, 0.717) is 77.7 Å². The number of carboxylic acid groups (broad SMARTS) is 1. The van der Waals surface area contributed by atoms with Gasteiger partial charge in [0, 0.05) is 29.6 Å². The first-order chi connectivity index (χ1) is 27.0. The number of nitrogens with one attached hydrogen (secondary N) is 1. The number of nitrogens with two attached hydrogens (primary N) is 1. The summed E-state index contributed by atoms with van der Waals surface area (Å²) in [5.74, 6) is 5.45. The van der Waals surface area contributed by atoms with Crippen molar-refractivity contribution in [3.63, 3.8) is 0 Å². The van der Waals surface area contributed by atoms with E-state index in [0.717, 1.165) is 41.7 Å². The highest BCUT2D eigenvalue weighted by Crippen LogP contribution is 2.34. The van der Waals surface area contributed by atoms with Crippen LogP contribution in [0.1, 0.15) is 58.6 Å². The Morgan fingerprint density at radius 2 is 1.93 bits per heavy atom. The molecule has 0 bridgehead atoms. The maximum atomic E-state index is 14.8. The van der Waals surface area contributed by atoms with Crippen molar-refractivity contribution in [1.82, 2.24) is 30.0 Å². The normalized spacial score (nSPS) is 14.1. The van der Waals surface area contributed by atoms with Crippen LogP contribution in [0.15, 0.2) is 48.5 Å². The van der Waals surface area contributed by atoms with Crippen molar-refractivity contribution in [3.8, 4) is 17.6 Å². The average Bonchev–Trinajstić information content (AvgIpc) is 3.78. The molecule has 5 aromatic rings. The van der Waals surface area contributed by atoms with Crippen LogP contribution in [-0.2, 0) is 6.42 Å². The van der Waals surface area contributed by atoms with Crippen LogP contribution in [-0.4, -0.2) is 112 Å². The van der Waals surface area contributed by atoms with Crippen LogP contribution < -0.4 is 20.7 Å². The molecule has 0 amide bonds. The summed E-state index contributed by atoms with van der Waals surface area (Å²) in [6.07, 6.45) is 3.23. The first-order valence-electron chi connectivity index (χ1n) is 18.7. The minimum atomic E-state index is -1.14. The second kappa shape index (κ2) is 19.4. The van der Waals surface area contributed by atoms with Gasteiger partial charge in [-0.3, -0.25) is 4.90 Å². The number of carbonyl (C=O) groups is 1. The van der Waals surface area contributed by atoms with Gasteiger partial charge in [0.05, 0.1) is 29.5 Å². The molecule has 56 heavy (non-hydrogen) atoms. The predicted octanol–water partition coefficient (Wildman–Crippen LogP) is 6.06. The second-order valence-electron chi connectivity index (χ2n) is 14.1. The fourth-order valence-corrected chi connectivity index (χ4v) is 8.27. The third-order valence-electron chi connectivity index (χ3n) is 9.27. The number of aromatic nitrogens is 4. The molecule has 16 heteroatoms. The number of benzene rings is 2. The molecule has 0 saturated carbocycles. The van der Waals surface area contributed by atoms with Gasteiger partial charge in [0.2, 0.25) is 0 Å². The number of para-hydroxylation sites is 1. The molecular formula is C40H48FN9O4S2. The van der Waals surface area contributed by atoms with Gasteiger partial charge in [-0.25, -0.2) is 19.2 Å². The minimum Gasteiger partial charge on any atom is -0.491 e. The zero-order valence-electron chi connectivity index (χ0n) is 31.9. The lowest BCUT2D eigenvalue weighted by Gasteiger charge is -2.31. The first kappa shape index (κ1) is 40.9. The minimum absolute atomic E-state index is 0.0519. The van der Waals surface area contributed by atoms with Crippen LogP contribution in [0.3, 0.4) is 0 Å². The zero-order chi connectivity index (χ0) is 39.6. The Balaban J connectivity index is 1.15. The van der Waals surface area contributed by atoms with Crippen molar-refractivity contribution in [1.29, 1.82) is 0 Å². The number of hydrogen-bond donors (Lipinski definition) is 4. The number of nitrogens with zero attached hydrogens (tertiary/aromatic N) is 7. The van der Waals surface area contributed by atoms with Crippen LogP contribution in [0.25, 0.3) is 10.2 Å². The molecule has 1 unspecified atom stereocenters. The number of fused-ring (bicyclic) bond motifs is 1. The number of ether oxygens (including phenoxy) is 1. The number of aromatic carboxylic acids is 1. The van der Waals surface area contributed by atoms with E-state index < -0.39 is 17.9 Å². The summed E-state index contributed by atoms with van der Waals surface area (Å²) in [5, 5.41) is 34.6. The molecule has 296 valence electrons. The van der Waals surface area contributed by atoms with Gasteiger partial charge < -0.3 is 35.8 Å². The highest BCUT2D eigenvalue weighted by atomic mass is 32.1. The van der Waals surface area contributed by atoms with Crippen LogP contribution in [0.2, 0.25) is 0 Å². The van der Waals surface area contributed by atoms with Crippen molar-refractivity contribution in [2.45, 2.75) is 57.6 Å². The topological polar surface area (TPSA) is 166 Å². The number of halogens is 1. The molecule has 0 radical (unpaired) electrons. The highest BCUT2D eigenvalue weighted by molar-refractivity contribution is 7.22. The maximum Gasteiger partial charge on any atom is 0.355 e. The molecule has 4 heterocycles. The van der Waals surface area contributed by atoms with Gasteiger partial charge in [-0.15, -0.1) is 21.5 Å². The number of rotatable bonds is 17. The molecule has 1 fully saturated rings. The monoisotopic (exact) mass is 801 g/mol. The number of aliphatic hydroxyl groups is 1. The van der Waals surface area contributed by atoms with Gasteiger partial charge >= 0.3 is 5.97 Å². The van der Waals surface area contributed by atoms with Crippen LogP contribution in [0.5, 0.6) is 5.75 Å². The summed E-state index contributed by atoms with van der Waals surface area (Å²) in [5.41, 5.74) is 8.28. The Labute approximate surface area is 334 Å². The lowest BCUT2D eigenvalue weighted by Crippen LogP contribution is -2.43. The van der Waals surface area contributed by atoms with Gasteiger partial charge in [-0.2, -0.15) is 0 Å². The zero-order valence-corrected chi connectivity index (χ0v) is 33.5. The molecule has 3 aromatic heterocycles. The third-order valence-corrected chi connectivity index (χ3v) is 11.4. The van der Waals surface area contributed by atoms with E-state index in [-0.39, 0.29) is 24.1 Å². The number of likely N-dealkylation sites (tertiary alicyclic amines) is 1. The van der Waals surface area contributed by atoms with Crippen molar-refractivity contribution in [2.24, 2.45) is 5.73 Å². The molecule has 1 aliphatic rings. The van der Waals surface area contributed by atoms with Gasteiger partial charge in [-0.1, -0.05) is 35.3 Å². The van der Waals surface area contributed by atoms with Crippen LogP contribution >= 0.6 is 22.7 Å². The number of hydrogen-bond acceptors (Lipinski definition) is 14. The molecular weight excluding hydrogens is 754 g/mol. The molecule has 0 spiro atoms. The predicted molar refractivity (Wildman–Crippen MR) is 220 cm³/mol. The molecule has 6 rings (SSSR count). The summed E-state index contributed by atoms with van der Waals surface area (Å²) >= 11 is 2.79. The quantitative estimate of drug-likeness (QED) is 0.0634. The van der Waals surface area contributed by atoms with E-state index in [1.165, 1.54) is 28.7 Å². The van der Waals surface area contributed by atoms with Gasteiger partial charge in [0.15, 0.2) is 39.2 Å². The fourth-order valence-electron chi connectivity index (χ4n) is 6.27. The van der Waals surface area contributed by atoms with Crippen molar-refractivity contribution in [3.05, 3.63) is 76.0 Å². The number of β-amino-alcohol motifs (C(OH)–C–C–N with tert-alkyl or cyclic N) is 1. The van der Waals surface area contributed by atoms with Crippen molar-refractivity contribution >= 4 is 60.8 Å². The summed E-state index contributed by atoms with van der Waals surface area (Å²) in [7, 11) is 3.82. The standard InChI is InChI=1S/C40H48FN9O4S2/c1-26-23-35(46-47-37(26)45-39-43-31-11-4-5-12-33(31)55-39)50(19-7-10-29(51)25-49-20-16-28(42)17-21-49)40-44-36(38(52)53)34(56-40)13-8-22-54-32-15-14-27(24-30(32)41)9-6-18-48(2)3/h4-5,11-12,14-15,23-24,28-29,51H,7-8,10,13,16-22,25,42H2,1-3H3,(H,52,53)(H,43,45,47). The van der Waals surface area contributed by atoms with E-state index in [4.69, 9.17) is 10.5 Å². The number of anilines is 4. The Hall–Kier alpha value is -4.76. The number of carboxylic acids is 1. The van der Waals surface area contributed by atoms with E-state index >= 15 is 0 Å². The molecule has 2 aromatic carbocycles. The van der Waals surface area contributed by atoms with Crippen LogP contribution in [0.4, 0.5) is 26.3 Å². The lowest BCUT2D eigenvalue weighted by atomic mass is 10.1. The molecule has 13 nitrogen and oxygen atoms in total. The first-order valence-corrected chi connectivity index (χ1v) is 20.3. The van der Waals surface area contributed by atoms with Crippen LogP contribution in [0, 0.1) is 24.6 Å². The lowest BCUT2D eigenvalue weighted by molar-refractivity contribution is 0.0690. The van der Waals surface area contributed by atoms with E-state index in [1.807, 2.05) is 61.2 Å². The SMILES string of the molecule is Cc1cc(N(CCCC(O)CN2CCC(N)CC2)c2nc(C(=O)O)c(CCCOc3ccc(C#CCN(C)C)cc3F)s2)nnc1Nc1nc2ccccc2s1. The smallest absolute Gasteiger partial charge is 0.355 e. The summed E-state index contributed by atoms with van der Waals surface area (Å²) < 4.78 is 21.6. The molecule has 5 N–H and O–H groups in total. The largest absolute Gasteiger partial charge is 0.491 e. The highest BCUT2D eigenvalue weighted by Gasteiger charge is 2.24. The van der Waals surface area contributed by atoms with Gasteiger partial charge in [-0.05, 0) is 115 Å². The Morgan fingerprint density at radius 1 is 1.12 bits per heavy atom. The van der Waals surface area contributed by atoms with Crippen molar-refractivity contribution in [2.75, 3.05) is 63.6 Å². The summed E-state index contributed by atoms with van der Waals surface area (Å²) in [6, 6.07) is 14.6. The molecule has 1 atom stereocenters. The number of aliphatic hydroxyl groups excluding tert-OH is 1. The maximum absolute atomic E-state index is 14.8. The van der Waals surface area contributed by atoms with E-state index in [2.05, 4.69) is 42.2 Å². The number of thiazole rings is 2. The Kier molecular flexibility index (Phi) is 14.2. The summed E-state index contributed by atoms with van der Waals surface area (Å²) in [4.78, 5) is 28.3. The van der Waals surface area contributed by atoms with Crippen molar-refractivity contribution < 1.29 is 24.1 Å². The Morgan fingerprint density at radius 3 is 2.66 bits per heavy atom. The molecule has 0 aliphatic carbocycles. The molecule has 1 aliphatic heterocycles. The van der Waals surface area contributed by atoms with Gasteiger partial charge in [0.25, 0.3) is 0 Å². The van der Waals surface area contributed by atoms with E-state index in [1.54, 1.807) is 12.1 Å². The third kappa shape index (κ3) is 11.2. The number of piperidine rings is 1. The van der Waals surface area contributed by atoms with Gasteiger partial charge in [0.1, 0.15) is 0 Å². The molecule has 1 saturated heterocycles. The fraction of sp³-hybridized carbons (Fsp3) is 0.425. The van der Waals surface area contributed by atoms with E-state index in [9.17, 15) is 19.4 Å². The Bertz CT molecular complexity index is 2130. The second-order valence-corrected chi connectivity index (χ2v) is 16.2.